The molecule has 0 aromatic carbocycles. The van der Waals surface area contributed by atoms with Crippen LogP contribution in [-0.4, -0.2) is 23.4 Å². The van der Waals surface area contributed by atoms with Crippen LogP contribution in [-0.2, 0) is 19.4 Å². The van der Waals surface area contributed by atoms with Crippen LogP contribution in [0.5, 0.6) is 0 Å². The first-order chi connectivity index (χ1) is 9.71. The van der Waals surface area contributed by atoms with Crippen molar-refractivity contribution in [2.75, 3.05) is 13.6 Å². The molecular weight excluding hydrogens is 314 g/mol. The number of rotatable bonds is 7. The standard InChI is InChI=1S/C16H28BrN3/c1-4-14-16(17)15(20(5-2)19-14)10-13(11-18-3)12-8-6-7-9-12/h12-13,18H,4-11H2,1-3H3. The highest BCUT2D eigenvalue weighted by Crippen LogP contribution is 2.34. The Morgan fingerprint density at radius 1 is 1.35 bits per heavy atom. The molecule has 20 heavy (non-hydrogen) atoms. The van der Waals surface area contributed by atoms with Gasteiger partial charge in [0, 0.05) is 6.54 Å². The molecule has 1 fully saturated rings. The number of aryl methyl sites for hydroxylation is 2. The summed E-state index contributed by atoms with van der Waals surface area (Å²) in [5, 5.41) is 8.13. The van der Waals surface area contributed by atoms with E-state index >= 15 is 0 Å². The second kappa shape index (κ2) is 7.60. The van der Waals surface area contributed by atoms with Gasteiger partial charge in [-0.3, -0.25) is 4.68 Å². The van der Waals surface area contributed by atoms with Crippen molar-refractivity contribution in [1.29, 1.82) is 0 Å². The second-order valence-corrected chi connectivity index (χ2v) is 6.74. The first-order valence-electron chi connectivity index (χ1n) is 8.09. The number of aromatic nitrogens is 2. The first kappa shape index (κ1) is 16.0. The summed E-state index contributed by atoms with van der Waals surface area (Å²) in [6, 6.07) is 0. The van der Waals surface area contributed by atoms with Crippen molar-refractivity contribution < 1.29 is 0 Å². The average Bonchev–Trinajstić information content (AvgIpc) is 3.07. The summed E-state index contributed by atoms with van der Waals surface area (Å²) >= 11 is 3.79. The van der Waals surface area contributed by atoms with Crippen molar-refractivity contribution in [2.24, 2.45) is 11.8 Å². The van der Waals surface area contributed by atoms with Gasteiger partial charge < -0.3 is 5.32 Å². The Balaban J connectivity index is 2.18. The van der Waals surface area contributed by atoms with E-state index in [-0.39, 0.29) is 0 Å². The van der Waals surface area contributed by atoms with Gasteiger partial charge in [0.15, 0.2) is 0 Å². The number of halogens is 1. The van der Waals surface area contributed by atoms with Gasteiger partial charge in [-0.2, -0.15) is 5.10 Å². The van der Waals surface area contributed by atoms with E-state index < -0.39 is 0 Å². The number of hydrogen-bond acceptors (Lipinski definition) is 2. The van der Waals surface area contributed by atoms with Crippen molar-refractivity contribution in [1.82, 2.24) is 15.1 Å². The van der Waals surface area contributed by atoms with Crippen molar-refractivity contribution in [3.05, 3.63) is 15.9 Å². The largest absolute Gasteiger partial charge is 0.319 e. The Morgan fingerprint density at radius 2 is 2.05 bits per heavy atom. The lowest BCUT2D eigenvalue weighted by Gasteiger charge is -2.23. The molecule has 1 saturated carbocycles. The lowest BCUT2D eigenvalue weighted by molar-refractivity contribution is 0.321. The average molecular weight is 342 g/mol. The third-order valence-electron chi connectivity index (χ3n) is 4.68. The molecule has 4 heteroatoms. The van der Waals surface area contributed by atoms with Crippen LogP contribution in [0.25, 0.3) is 0 Å². The molecule has 0 spiro atoms. The summed E-state index contributed by atoms with van der Waals surface area (Å²) in [6.07, 6.45) is 7.79. The van der Waals surface area contributed by atoms with Gasteiger partial charge in [0.1, 0.15) is 0 Å². The van der Waals surface area contributed by atoms with Crippen LogP contribution in [0.4, 0.5) is 0 Å². The van der Waals surface area contributed by atoms with Gasteiger partial charge >= 0.3 is 0 Å². The molecule has 0 radical (unpaired) electrons. The minimum Gasteiger partial charge on any atom is -0.319 e. The molecule has 0 bridgehead atoms. The van der Waals surface area contributed by atoms with E-state index in [1.54, 1.807) is 0 Å². The highest BCUT2D eigenvalue weighted by molar-refractivity contribution is 9.10. The zero-order valence-electron chi connectivity index (χ0n) is 13.1. The highest BCUT2D eigenvalue weighted by Gasteiger charge is 2.27. The Kier molecular flexibility index (Phi) is 6.09. The molecule has 114 valence electrons. The van der Waals surface area contributed by atoms with E-state index in [0.29, 0.717) is 0 Å². The molecule has 1 aromatic rings. The normalized spacial score (nSPS) is 17.8. The van der Waals surface area contributed by atoms with Gasteiger partial charge in [0.2, 0.25) is 0 Å². The second-order valence-electron chi connectivity index (χ2n) is 5.94. The molecule has 1 aliphatic carbocycles. The van der Waals surface area contributed by atoms with E-state index in [2.05, 4.69) is 46.8 Å². The van der Waals surface area contributed by atoms with Crippen LogP contribution >= 0.6 is 15.9 Å². The van der Waals surface area contributed by atoms with Crippen LogP contribution in [0.2, 0.25) is 0 Å². The maximum atomic E-state index is 4.74. The SMILES string of the molecule is CCc1nn(CC)c(CC(CNC)C2CCCC2)c1Br. The monoisotopic (exact) mass is 341 g/mol. The van der Waals surface area contributed by atoms with E-state index in [1.807, 2.05) is 0 Å². The Morgan fingerprint density at radius 3 is 2.60 bits per heavy atom. The van der Waals surface area contributed by atoms with E-state index in [4.69, 9.17) is 5.10 Å². The molecule has 0 aliphatic heterocycles. The summed E-state index contributed by atoms with van der Waals surface area (Å²) in [7, 11) is 2.07. The summed E-state index contributed by atoms with van der Waals surface area (Å²) < 4.78 is 3.45. The molecule has 0 saturated heterocycles. The van der Waals surface area contributed by atoms with Crippen molar-refractivity contribution in [3.63, 3.8) is 0 Å². The van der Waals surface area contributed by atoms with E-state index in [1.165, 1.54) is 41.5 Å². The van der Waals surface area contributed by atoms with Gasteiger partial charge in [-0.15, -0.1) is 0 Å². The maximum absolute atomic E-state index is 4.74. The molecule has 1 aliphatic rings. The Hall–Kier alpha value is -0.350. The minimum atomic E-state index is 0.741. The fraction of sp³-hybridized carbons (Fsp3) is 0.812. The lowest BCUT2D eigenvalue weighted by Crippen LogP contribution is -2.27. The van der Waals surface area contributed by atoms with Crippen LogP contribution in [0.15, 0.2) is 4.47 Å². The molecule has 1 unspecified atom stereocenters. The molecule has 3 nitrogen and oxygen atoms in total. The van der Waals surface area contributed by atoms with Crippen molar-refractivity contribution >= 4 is 15.9 Å². The maximum Gasteiger partial charge on any atom is 0.0766 e. The third kappa shape index (κ3) is 3.45. The molecule has 2 rings (SSSR count). The van der Waals surface area contributed by atoms with Gasteiger partial charge in [0.25, 0.3) is 0 Å². The number of hydrogen-bond donors (Lipinski definition) is 1. The zero-order valence-corrected chi connectivity index (χ0v) is 14.7. The third-order valence-corrected chi connectivity index (χ3v) is 5.60. The zero-order chi connectivity index (χ0) is 14.5. The van der Waals surface area contributed by atoms with Crippen molar-refractivity contribution in [3.8, 4) is 0 Å². The van der Waals surface area contributed by atoms with Crippen LogP contribution in [0, 0.1) is 11.8 Å². The number of nitrogens with one attached hydrogen (secondary N) is 1. The number of nitrogens with zero attached hydrogens (tertiary/aromatic N) is 2. The first-order valence-corrected chi connectivity index (χ1v) is 8.89. The van der Waals surface area contributed by atoms with Gasteiger partial charge in [-0.25, -0.2) is 0 Å². The highest BCUT2D eigenvalue weighted by atomic mass is 79.9. The van der Waals surface area contributed by atoms with Crippen LogP contribution in [0.3, 0.4) is 0 Å². The van der Waals surface area contributed by atoms with E-state index in [9.17, 15) is 0 Å². The van der Waals surface area contributed by atoms with Crippen LogP contribution < -0.4 is 5.32 Å². The predicted octanol–water partition coefficient (Wildman–Crippen LogP) is 3.80. The molecule has 1 atom stereocenters. The smallest absolute Gasteiger partial charge is 0.0766 e. The summed E-state index contributed by atoms with van der Waals surface area (Å²) in [4.78, 5) is 0. The van der Waals surface area contributed by atoms with Crippen molar-refractivity contribution in [2.45, 2.75) is 58.9 Å². The Labute approximate surface area is 131 Å². The molecule has 1 N–H and O–H groups in total. The van der Waals surface area contributed by atoms with Gasteiger partial charge in [-0.05, 0) is 61.1 Å². The molecule has 1 heterocycles. The quantitative estimate of drug-likeness (QED) is 0.817. The van der Waals surface area contributed by atoms with E-state index in [0.717, 1.165) is 37.8 Å². The fourth-order valence-electron chi connectivity index (χ4n) is 3.56. The summed E-state index contributed by atoms with van der Waals surface area (Å²) in [5.41, 5.74) is 2.60. The minimum absolute atomic E-state index is 0.741. The van der Waals surface area contributed by atoms with Gasteiger partial charge in [-0.1, -0.05) is 32.6 Å². The summed E-state index contributed by atoms with van der Waals surface area (Å²) in [6.45, 7) is 6.45. The topological polar surface area (TPSA) is 29.9 Å². The molecule has 0 amide bonds. The molecular formula is C16H28BrN3. The van der Waals surface area contributed by atoms with Gasteiger partial charge in [0.05, 0.1) is 15.9 Å². The molecule has 1 aromatic heterocycles. The lowest BCUT2D eigenvalue weighted by atomic mass is 9.87. The Bertz CT molecular complexity index is 422. The summed E-state index contributed by atoms with van der Waals surface area (Å²) in [5.74, 6) is 1.63. The predicted molar refractivity (Wildman–Crippen MR) is 88.1 cm³/mol. The van der Waals surface area contributed by atoms with Crippen LogP contribution in [0.1, 0.15) is 50.9 Å². The fourth-order valence-corrected chi connectivity index (χ4v) is 4.28.